The summed E-state index contributed by atoms with van der Waals surface area (Å²) in [5, 5.41) is 32.6. The zero-order valence-electron chi connectivity index (χ0n) is 17.0. The van der Waals surface area contributed by atoms with Crippen molar-refractivity contribution < 1.29 is 15.3 Å². The van der Waals surface area contributed by atoms with Crippen molar-refractivity contribution in [3.05, 3.63) is 88.8 Å². The van der Waals surface area contributed by atoms with Gasteiger partial charge in [-0.25, -0.2) is 0 Å². The molecule has 5 nitrogen and oxygen atoms in total. The zero-order chi connectivity index (χ0) is 21.4. The van der Waals surface area contributed by atoms with E-state index in [1.165, 1.54) is 0 Å². The van der Waals surface area contributed by atoms with E-state index in [-0.39, 0.29) is 17.7 Å². The number of aromatic hydroxyl groups is 3. The summed E-state index contributed by atoms with van der Waals surface area (Å²) in [4.78, 5) is 5.45. The first-order valence-electron chi connectivity index (χ1n) is 10.3. The molecule has 3 aromatic carbocycles. The number of hydrogen-bond donors (Lipinski definition) is 3. The molecule has 1 saturated heterocycles. The SMILES string of the molecule is Oc1ccccc1CN1CCN(Cc2ccccc2O)C1c1sc2ccccc2c1O. The van der Waals surface area contributed by atoms with Crippen molar-refractivity contribution in [1.29, 1.82) is 0 Å². The predicted molar refractivity (Wildman–Crippen MR) is 123 cm³/mol. The fraction of sp³-hybridized carbons (Fsp3) is 0.200. The normalized spacial score (nSPS) is 15.7. The Balaban J connectivity index is 1.54. The van der Waals surface area contributed by atoms with E-state index in [1.807, 2.05) is 60.7 Å². The zero-order valence-corrected chi connectivity index (χ0v) is 17.8. The Morgan fingerprint density at radius 2 is 1.23 bits per heavy atom. The van der Waals surface area contributed by atoms with Gasteiger partial charge in [0.1, 0.15) is 23.4 Å². The lowest BCUT2D eigenvalue weighted by Gasteiger charge is -2.30. The van der Waals surface area contributed by atoms with Crippen LogP contribution in [0.3, 0.4) is 0 Å². The molecule has 0 bridgehead atoms. The van der Waals surface area contributed by atoms with E-state index in [0.29, 0.717) is 18.8 Å². The summed E-state index contributed by atoms with van der Waals surface area (Å²) in [6, 6.07) is 22.7. The number of benzene rings is 3. The van der Waals surface area contributed by atoms with Gasteiger partial charge in [0, 0.05) is 47.4 Å². The monoisotopic (exact) mass is 432 g/mol. The van der Waals surface area contributed by atoms with Gasteiger partial charge >= 0.3 is 0 Å². The number of rotatable bonds is 5. The van der Waals surface area contributed by atoms with Gasteiger partial charge in [-0.05, 0) is 24.3 Å². The average Bonchev–Trinajstić information content (AvgIpc) is 3.32. The minimum Gasteiger partial charge on any atom is -0.508 e. The molecular formula is C25H24N2O3S. The van der Waals surface area contributed by atoms with Crippen LogP contribution < -0.4 is 0 Å². The van der Waals surface area contributed by atoms with Gasteiger partial charge in [0.25, 0.3) is 0 Å². The number of thiophene rings is 1. The van der Waals surface area contributed by atoms with Crippen LogP contribution in [0.5, 0.6) is 17.2 Å². The maximum atomic E-state index is 11.1. The summed E-state index contributed by atoms with van der Waals surface area (Å²) < 4.78 is 1.05. The Hall–Kier alpha value is -3.06. The van der Waals surface area contributed by atoms with Gasteiger partial charge in [-0.15, -0.1) is 11.3 Å². The molecule has 1 aliphatic heterocycles. The second-order valence-corrected chi connectivity index (χ2v) is 8.97. The maximum Gasteiger partial charge on any atom is 0.140 e. The third-order valence-electron chi connectivity index (χ3n) is 5.93. The molecule has 0 atom stereocenters. The summed E-state index contributed by atoms with van der Waals surface area (Å²) in [7, 11) is 0. The van der Waals surface area contributed by atoms with Crippen molar-refractivity contribution in [2.24, 2.45) is 0 Å². The Morgan fingerprint density at radius 1 is 0.710 bits per heavy atom. The van der Waals surface area contributed by atoms with Gasteiger partial charge in [-0.2, -0.15) is 0 Å². The van der Waals surface area contributed by atoms with Crippen LogP contribution in [0, 0.1) is 0 Å². The molecule has 5 rings (SSSR count). The molecule has 0 saturated carbocycles. The van der Waals surface area contributed by atoms with Gasteiger partial charge in [0.15, 0.2) is 0 Å². The van der Waals surface area contributed by atoms with Gasteiger partial charge in [-0.1, -0.05) is 48.5 Å². The quantitative estimate of drug-likeness (QED) is 0.413. The lowest BCUT2D eigenvalue weighted by Crippen LogP contribution is -2.30. The first kappa shape index (κ1) is 19.9. The van der Waals surface area contributed by atoms with E-state index in [1.54, 1.807) is 23.5 Å². The molecule has 1 fully saturated rings. The third-order valence-corrected chi connectivity index (χ3v) is 7.13. The van der Waals surface area contributed by atoms with Gasteiger partial charge in [0.2, 0.25) is 0 Å². The molecule has 1 aromatic heterocycles. The van der Waals surface area contributed by atoms with Crippen molar-refractivity contribution >= 4 is 21.4 Å². The van der Waals surface area contributed by atoms with Crippen LogP contribution in [-0.4, -0.2) is 38.2 Å². The molecule has 0 radical (unpaired) electrons. The van der Waals surface area contributed by atoms with Crippen molar-refractivity contribution in [3.63, 3.8) is 0 Å². The van der Waals surface area contributed by atoms with Gasteiger partial charge in [0.05, 0.1) is 4.88 Å². The number of hydrogen-bond acceptors (Lipinski definition) is 6. The Labute approximate surface area is 185 Å². The number of phenolic OH excluding ortho intramolecular Hbond substituents is 2. The predicted octanol–water partition coefficient (Wildman–Crippen LogP) is 5.03. The molecule has 1 aliphatic rings. The van der Waals surface area contributed by atoms with Crippen LogP contribution in [0.4, 0.5) is 0 Å². The van der Waals surface area contributed by atoms with Gasteiger partial charge < -0.3 is 15.3 Å². The summed E-state index contributed by atoms with van der Waals surface area (Å²) in [6.45, 7) is 2.73. The molecule has 0 unspecified atom stereocenters. The molecule has 158 valence electrons. The van der Waals surface area contributed by atoms with Crippen LogP contribution in [0.15, 0.2) is 72.8 Å². The van der Waals surface area contributed by atoms with Crippen molar-refractivity contribution in [2.75, 3.05) is 13.1 Å². The topological polar surface area (TPSA) is 67.2 Å². The fourth-order valence-corrected chi connectivity index (χ4v) is 5.62. The lowest BCUT2D eigenvalue weighted by atomic mass is 10.1. The summed E-state index contributed by atoms with van der Waals surface area (Å²) in [6.07, 6.45) is -0.156. The molecule has 2 heterocycles. The van der Waals surface area contributed by atoms with Crippen LogP contribution in [0.25, 0.3) is 10.1 Å². The molecular weight excluding hydrogens is 408 g/mol. The van der Waals surface area contributed by atoms with Crippen molar-refractivity contribution in [1.82, 2.24) is 9.80 Å². The molecule has 4 aromatic rings. The number of nitrogens with zero attached hydrogens (tertiary/aromatic N) is 2. The average molecular weight is 433 g/mol. The lowest BCUT2D eigenvalue weighted by molar-refractivity contribution is 0.125. The summed E-state index contributed by atoms with van der Waals surface area (Å²) in [5.74, 6) is 0.874. The maximum absolute atomic E-state index is 11.1. The molecule has 0 amide bonds. The molecule has 3 N–H and O–H groups in total. The highest BCUT2D eigenvalue weighted by molar-refractivity contribution is 7.19. The molecule has 0 spiro atoms. The minimum absolute atomic E-state index is 0.156. The smallest absolute Gasteiger partial charge is 0.140 e. The van der Waals surface area contributed by atoms with E-state index in [2.05, 4.69) is 9.80 Å². The molecule has 0 aliphatic carbocycles. The highest BCUT2D eigenvalue weighted by atomic mass is 32.1. The number of para-hydroxylation sites is 2. The standard InChI is InChI=1S/C25H24N2O3S/c28-20-10-4-1-7-17(20)15-26-13-14-27(16-18-8-2-5-11-21(18)29)25(26)24-23(30)19-9-3-6-12-22(19)31-24/h1-12,25,28-30H,13-16H2. The summed E-state index contributed by atoms with van der Waals surface area (Å²) in [5.41, 5.74) is 1.72. The van der Waals surface area contributed by atoms with Crippen molar-refractivity contribution in [2.45, 2.75) is 19.3 Å². The number of phenols is 2. The second kappa shape index (κ2) is 8.23. The molecule has 31 heavy (non-hydrogen) atoms. The van der Waals surface area contributed by atoms with Crippen LogP contribution >= 0.6 is 11.3 Å². The van der Waals surface area contributed by atoms with Crippen LogP contribution in [0.1, 0.15) is 22.2 Å². The van der Waals surface area contributed by atoms with E-state index < -0.39 is 0 Å². The van der Waals surface area contributed by atoms with Crippen LogP contribution in [0.2, 0.25) is 0 Å². The number of fused-ring (bicyclic) bond motifs is 1. The highest BCUT2D eigenvalue weighted by Gasteiger charge is 2.37. The van der Waals surface area contributed by atoms with E-state index in [0.717, 1.165) is 39.2 Å². The van der Waals surface area contributed by atoms with Gasteiger partial charge in [-0.3, -0.25) is 9.80 Å². The third kappa shape index (κ3) is 3.74. The Morgan fingerprint density at radius 3 is 1.77 bits per heavy atom. The van der Waals surface area contributed by atoms with E-state index in [9.17, 15) is 15.3 Å². The minimum atomic E-state index is -0.156. The van der Waals surface area contributed by atoms with Crippen molar-refractivity contribution in [3.8, 4) is 17.2 Å². The fourth-order valence-electron chi connectivity index (χ4n) is 4.35. The first-order valence-corrected chi connectivity index (χ1v) is 11.2. The van der Waals surface area contributed by atoms with E-state index >= 15 is 0 Å². The highest BCUT2D eigenvalue weighted by Crippen LogP contribution is 2.46. The Bertz CT molecular complexity index is 1170. The second-order valence-electron chi connectivity index (χ2n) is 7.88. The first-order chi connectivity index (χ1) is 15.1. The summed E-state index contributed by atoms with van der Waals surface area (Å²) >= 11 is 1.60. The Kier molecular flexibility index (Phi) is 5.28. The van der Waals surface area contributed by atoms with Crippen LogP contribution in [-0.2, 0) is 13.1 Å². The largest absolute Gasteiger partial charge is 0.508 e. The molecule has 6 heteroatoms. The van der Waals surface area contributed by atoms with E-state index in [4.69, 9.17) is 0 Å².